The molecule has 0 aliphatic heterocycles. The van der Waals surface area contributed by atoms with Gasteiger partial charge in [0, 0.05) is 12.0 Å². The summed E-state index contributed by atoms with van der Waals surface area (Å²) in [6, 6.07) is 0. The second kappa shape index (κ2) is 4.37. The van der Waals surface area contributed by atoms with E-state index in [-0.39, 0.29) is 10.8 Å². The maximum absolute atomic E-state index is 10.9. The zero-order valence-electron chi connectivity index (χ0n) is 8.04. The molecule has 0 aromatic carbocycles. The van der Waals surface area contributed by atoms with Crippen molar-refractivity contribution < 1.29 is 9.90 Å². The van der Waals surface area contributed by atoms with Gasteiger partial charge in [-0.1, -0.05) is 25.4 Å². The number of aromatic carboxylic acids is 1. The Morgan fingerprint density at radius 1 is 1.36 bits per heavy atom. The molecule has 1 rings (SSSR count). The summed E-state index contributed by atoms with van der Waals surface area (Å²) in [5.41, 5.74) is 0.515. The Balaban J connectivity index is 3.35. The van der Waals surface area contributed by atoms with Crippen molar-refractivity contribution >= 4 is 17.6 Å². The second-order valence-corrected chi connectivity index (χ2v) is 3.13. The number of nitrogens with zero attached hydrogens (tertiary/aromatic N) is 2. The number of carboxylic acids is 1. The highest BCUT2D eigenvalue weighted by molar-refractivity contribution is 6.30. The molecule has 0 saturated carbocycles. The molecule has 1 heterocycles. The molecule has 4 nitrogen and oxygen atoms in total. The van der Waals surface area contributed by atoms with E-state index in [1.165, 1.54) is 0 Å². The number of hydrogen-bond donors (Lipinski definition) is 1. The monoisotopic (exact) mass is 214 g/mol. The molecule has 5 heteroatoms. The molecule has 1 aromatic rings. The van der Waals surface area contributed by atoms with E-state index in [1.54, 1.807) is 0 Å². The summed E-state index contributed by atoms with van der Waals surface area (Å²) in [6.07, 6.45) is 1.09. The summed E-state index contributed by atoms with van der Waals surface area (Å²) in [4.78, 5) is 18.8. The van der Waals surface area contributed by atoms with E-state index in [2.05, 4.69) is 9.97 Å². The van der Waals surface area contributed by atoms with Gasteiger partial charge in [0.15, 0.2) is 5.69 Å². The molecule has 0 saturated heterocycles. The molecule has 0 aliphatic carbocycles. The molecule has 0 spiro atoms. The molecule has 0 atom stereocenters. The average molecular weight is 215 g/mol. The number of halogens is 1. The van der Waals surface area contributed by atoms with E-state index in [0.717, 1.165) is 0 Å². The fourth-order valence-corrected chi connectivity index (χ4v) is 1.47. The van der Waals surface area contributed by atoms with E-state index < -0.39 is 5.97 Å². The number of aryl methyl sites for hydroxylation is 1. The summed E-state index contributed by atoms with van der Waals surface area (Å²) in [7, 11) is 0. The van der Waals surface area contributed by atoms with Crippen LogP contribution in [0.4, 0.5) is 0 Å². The first-order chi connectivity index (χ1) is 6.60. The fourth-order valence-electron chi connectivity index (χ4n) is 1.15. The third-order valence-electron chi connectivity index (χ3n) is 1.88. The molecule has 0 amide bonds. The van der Waals surface area contributed by atoms with Crippen LogP contribution >= 0.6 is 11.6 Å². The Morgan fingerprint density at radius 3 is 2.43 bits per heavy atom. The summed E-state index contributed by atoms with van der Waals surface area (Å²) < 4.78 is 0. The number of rotatable bonds is 3. The number of carbonyl (C=O) groups is 1. The number of aromatic nitrogens is 2. The normalized spacial score (nSPS) is 10.2. The maximum atomic E-state index is 10.9. The van der Waals surface area contributed by atoms with Gasteiger partial charge >= 0.3 is 5.97 Å². The van der Waals surface area contributed by atoms with Gasteiger partial charge in [0.2, 0.25) is 0 Å². The van der Waals surface area contributed by atoms with Crippen molar-refractivity contribution in [1.82, 2.24) is 9.97 Å². The van der Waals surface area contributed by atoms with Crippen molar-refractivity contribution in [2.24, 2.45) is 0 Å². The van der Waals surface area contributed by atoms with Gasteiger partial charge in [-0.15, -0.1) is 0 Å². The molecule has 14 heavy (non-hydrogen) atoms. The van der Waals surface area contributed by atoms with Gasteiger partial charge in [0.05, 0.1) is 0 Å². The van der Waals surface area contributed by atoms with Crippen LogP contribution < -0.4 is 0 Å². The van der Waals surface area contributed by atoms with Crippen LogP contribution in [0.5, 0.6) is 0 Å². The quantitative estimate of drug-likeness (QED) is 0.782. The Labute approximate surface area is 87.0 Å². The SMILES string of the molecule is CCc1nc(Cl)c(CC)c(C(=O)O)n1. The molecular formula is C9H11ClN2O2. The van der Waals surface area contributed by atoms with Crippen molar-refractivity contribution in [2.45, 2.75) is 26.7 Å². The van der Waals surface area contributed by atoms with Crippen LogP contribution in [-0.2, 0) is 12.8 Å². The van der Waals surface area contributed by atoms with E-state index in [9.17, 15) is 4.79 Å². The minimum absolute atomic E-state index is 0.0179. The maximum Gasteiger partial charge on any atom is 0.354 e. The van der Waals surface area contributed by atoms with Crippen LogP contribution in [0, 0.1) is 0 Å². The van der Waals surface area contributed by atoms with Crippen molar-refractivity contribution in [3.8, 4) is 0 Å². The third-order valence-corrected chi connectivity index (χ3v) is 2.19. The van der Waals surface area contributed by atoms with Crippen molar-refractivity contribution in [3.05, 3.63) is 22.2 Å². The minimum Gasteiger partial charge on any atom is -0.476 e. The molecule has 0 radical (unpaired) electrons. The molecule has 0 fully saturated rings. The highest BCUT2D eigenvalue weighted by Crippen LogP contribution is 2.17. The topological polar surface area (TPSA) is 63.1 Å². The predicted molar refractivity (Wildman–Crippen MR) is 52.8 cm³/mol. The van der Waals surface area contributed by atoms with Gasteiger partial charge in [-0.2, -0.15) is 0 Å². The summed E-state index contributed by atoms with van der Waals surface area (Å²) in [5, 5.41) is 9.14. The fraction of sp³-hybridized carbons (Fsp3) is 0.444. The Morgan fingerprint density at radius 2 is 2.00 bits per heavy atom. The Kier molecular flexibility index (Phi) is 3.41. The molecule has 1 N–H and O–H groups in total. The summed E-state index contributed by atoms with van der Waals surface area (Å²) >= 11 is 5.84. The highest BCUT2D eigenvalue weighted by Gasteiger charge is 2.16. The van der Waals surface area contributed by atoms with Crippen LogP contribution in [0.1, 0.15) is 35.7 Å². The van der Waals surface area contributed by atoms with Crippen LogP contribution in [0.15, 0.2) is 0 Å². The van der Waals surface area contributed by atoms with Crippen molar-refractivity contribution in [1.29, 1.82) is 0 Å². The first kappa shape index (κ1) is 10.9. The highest BCUT2D eigenvalue weighted by atomic mass is 35.5. The van der Waals surface area contributed by atoms with E-state index in [4.69, 9.17) is 16.7 Å². The van der Waals surface area contributed by atoms with E-state index in [1.807, 2.05) is 13.8 Å². The van der Waals surface area contributed by atoms with E-state index >= 15 is 0 Å². The zero-order chi connectivity index (χ0) is 10.7. The standard InChI is InChI=1S/C9H11ClN2O2/c1-3-5-7(9(13)14)11-6(4-2)12-8(5)10/h3-4H2,1-2H3,(H,13,14). The third kappa shape index (κ3) is 2.01. The van der Waals surface area contributed by atoms with E-state index in [0.29, 0.717) is 24.2 Å². The molecule has 0 unspecified atom stereocenters. The summed E-state index contributed by atoms with van der Waals surface area (Å²) in [6.45, 7) is 3.67. The molecular weight excluding hydrogens is 204 g/mol. The lowest BCUT2D eigenvalue weighted by molar-refractivity contribution is 0.0688. The Hall–Kier alpha value is -1.16. The van der Waals surface area contributed by atoms with Gasteiger partial charge in [-0.05, 0) is 6.42 Å². The van der Waals surface area contributed by atoms with Gasteiger partial charge in [0.1, 0.15) is 11.0 Å². The molecule has 0 bridgehead atoms. The lowest BCUT2D eigenvalue weighted by atomic mass is 10.2. The summed E-state index contributed by atoms with van der Waals surface area (Å²) in [5.74, 6) is -0.592. The second-order valence-electron chi connectivity index (χ2n) is 2.77. The van der Waals surface area contributed by atoms with Crippen molar-refractivity contribution in [2.75, 3.05) is 0 Å². The number of carboxylic acid groups (broad SMARTS) is 1. The van der Waals surface area contributed by atoms with Crippen molar-refractivity contribution in [3.63, 3.8) is 0 Å². The first-order valence-electron chi connectivity index (χ1n) is 4.38. The Bertz CT molecular complexity index is 366. The van der Waals surface area contributed by atoms with Gasteiger partial charge in [0.25, 0.3) is 0 Å². The average Bonchev–Trinajstić information content (AvgIpc) is 2.16. The van der Waals surface area contributed by atoms with Crippen LogP contribution in [-0.4, -0.2) is 21.0 Å². The molecule has 0 aliphatic rings. The predicted octanol–water partition coefficient (Wildman–Crippen LogP) is 1.95. The minimum atomic E-state index is -1.05. The van der Waals surface area contributed by atoms with Gasteiger partial charge in [-0.3, -0.25) is 0 Å². The smallest absolute Gasteiger partial charge is 0.354 e. The van der Waals surface area contributed by atoms with Gasteiger partial charge in [-0.25, -0.2) is 14.8 Å². The lowest BCUT2D eigenvalue weighted by Crippen LogP contribution is -2.10. The first-order valence-corrected chi connectivity index (χ1v) is 4.76. The zero-order valence-corrected chi connectivity index (χ0v) is 8.80. The lowest BCUT2D eigenvalue weighted by Gasteiger charge is -2.06. The largest absolute Gasteiger partial charge is 0.476 e. The van der Waals surface area contributed by atoms with Crippen LogP contribution in [0.25, 0.3) is 0 Å². The van der Waals surface area contributed by atoms with Gasteiger partial charge < -0.3 is 5.11 Å². The molecule has 76 valence electrons. The number of hydrogen-bond acceptors (Lipinski definition) is 3. The van der Waals surface area contributed by atoms with Crippen LogP contribution in [0.3, 0.4) is 0 Å². The van der Waals surface area contributed by atoms with Crippen LogP contribution in [0.2, 0.25) is 5.15 Å². The molecule has 1 aromatic heterocycles.